The molecule has 0 fully saturated rings. The van der Waals surface area contributed by atoms with Crippen molar-refractivity contribution in [1.29, 1.82) is 0 Å². The maximum atomic E-state index is 10.2. The Morgan fingerprint density at radius 3 is 0.841 bits per heavy atom. The van der Waals surface area contributed by atoms with Crippen LogP contribution in [0.25, 0.3) is 0 Å². The Morgan fingerprint density at radius 1 is 0.432 bits per heavy atom. The van der Waals surface area contributed by atoms with Crippen molar-refractivity contribution in [3.63, 3.8) is 0 Å². The van der Waals surface area contributed by atoms with Crippen LogP contribution >= 0.6 is 15.4 Å². The van der Waals surface area contributed by atoms with Crippen LogP contribution in [0.4, 0.5) is 0 Å². The molecule has 0 saturated carbocycles. The van der Waals surface area contributed by atoms with Gasteiger partial charge in [0.15, 0.2) is 0 Å². The first-order valence-corrected chi connectivity index (χ1v) is 19.3. The van der Waals surface area contributed by atoms with Crippen molar-refractivity contribution >= 4 is 36.7 Å². The molecule has 0 radical (unpaired) electrons. The van der Waals surface area contributed by atoms with E-state index >= 15 is 0 Å². The second kappa shape index (κ2) is 20.5. The third-order valence-corrected chi connectivity index (χ3v) is 12.3. The van der Waals surface area contributed by atoms with Crippen LogP contribution in [-0.4, -0.2) is 43.0 Å². The van der Waals surface area contributed by atoms with Gasteiger partial charge in [0.05, 0.1) is 0 Å². The first-order valence-electron chi connectivity index (χ1n) is 15.6. The molecule has 6 N–H and O–H groups in total. The van der Waals surface area contributed by atoms with E-state index in [1.807, 2.05) is 72.8 Å². The van der Waals surface area contributed by atoms with Gasteiger partial charge in [-0.25, -0.2) is 0 Å². The standard InChI is InChI=1S/2C12H13O2P.C12H26O2/c2*13-15(14,11-7-3-1-4-8-11)12-9-5-2-6-10-12;1-3-5-7-11(9-13)12(10-14)8-6-4-2/h2*1-10,13-15H;11-14H,3-10H2,1-2H3. The number of hydrogen-bond donors (Lipinski definition) is 6. The maximum absolute atomic E-state index is 10.2. The van der Waals surface area contributed by atoms with Crippen molar-refractivity contribution in [2.24, 2.45) is 11.8 Å². The van der Waals surface area contributed by atoms with Crippen molar-refractivity contribution in [3.05, 3.63) is 121 Å². The van der Waals surface area contributed by atoms with Gasteiger partial charge in [0.2, 0.25) is 0 Å². The zero-order valence-corrected chi connectivity index (χ0v) is 28.0. The van der Waals surface area contributed by atoms with E-state index in [9.17, 15) is 29.8 Å². The topological polar surface area (TPSA) is 121 Å². The molecule has 4 aromatic carbocycles. The van der Waals surface area contributed by atoms with Gasteiger partial charge in [-0.05, 0) is 24.7 Å². The molecule has 0 aliphatic carbocycles. The van der Waals surface area contributed by atoms with Gasteiger partial charge in [0.25, 0.3) is 0 Å². The average Bonchev–Trinajstić information content (AvgIpc) is 3.08. The zero-order chi connectivity index (χ0) is 32.3. The quantitative estimate of drug-likeness (QED) is 0.114. The fourth-order valence-corrected chi connectivity index (χ4v) is 8.20. The van der Waals surface area contributed by atoms with E-state index < -0.39 is 15.4 Å². The third-order valence-electron chi connectivity index (χ3n) is 7.70. The molecule has 0 heterocycles. The van der Waals surface area contributed by atoms with Crippen LogP contribution in [-0.2, 0) is 0 Å². The molecule has 0 bridgehead atoms. The van der Waals surface area contributed by atoms with Gasteiger partial charge in [-0.1, -0.05) is 39.5 Å². The fraction of sp³-hybridized carbons (Fsp3) is 0.333. The Morgan fingerprint density at radius 2 is 0.659 bits per heavy atom. The van der Waals surface area contributed by atoms with Gasteiger partial charge in [-0.15, -0.1) is 0 Å². The number of hydrogen-bond acceptors (Lipinski definition) is 6. The number of unbranched alkanes of at least 4 members (excludes halogenated alkanes) is 2. The van der Waals surface area contributed by atoms with E-state index in [0.717, 1.165) is 25.7 Å². The van der Waals surface area contributed by atoms with Crippen LogP contribution < -0.4 is 21.2 Å². The summed E-state index contributed by atoms with van der Waals surface area (Å²) in [6.07, 6.45) is 6.77. The van der Waals surface area contributed by atoms with Crippen LogP contribution in [0.15, 0.2) is 121 Å². The van der Waals surface area contributed by atoms with Gasteiger partial charge in [-0.3, -0.25) is 0 Å². The predicted octanol–water partition coefficient (Wildman–Crippen LogP) is 4.99. The second-order valence-corrected chi connectivity index (χ2v) is 16.0. The van der Waals surface area contributed by atoms with Gasteiger partial charge in [-0.2, -0.15) is 0 Å². The van der Waals surface area contributed by atoms with Gasteiger partial charge < -0.3 is 10.2 Å². The molecule has 0 aliphatic rings. The van der Waals surface area contributed by atoms with Crippen LogP contribution in [0.1, 0.15) is 52.4 Å². The minimum absolute atomic E-state index is 0.231. The van der Waals surface area contributed by atoms with Crippen LogP contribution in [0.2, 0.25) is 0 Å². The Hall–Kier alpha value is -2.50. The van der Waals surface area contributed by atoms with Crippen molar-refractivity contribution in [3.8, 4) is 0 Å². The minimum atomic E-state index is -3.46. The summed E-state index contributed by atoms with van der Waals surface area (Å²) < 4.78 is 0. The number of rotatable bonds is 13. The van der Waals surface area contributed by atoms with E-state index in [2.05, 4.69) is 13.8 Å². The molecule has 8 heteroatoms. The summed E-state index contributed by atoms with van der Waals surface area (Å²) >= 11 is 0. The molecule has 0 aromatic heterocycles. The molecule has 2 unspecified atom stereocenters. The number of benzene rings is 4. The molecule has 0 saturated heterocycles. The molecule has 0 amide bonds. The molecule has 4 rings (SSSR count). The Balaban J connectivity index is 0.000000231. The van der Waals surface area contributed by atoms with Crippen molar-refractivity contribution in [2.75, 3.05) is 13.2 Å². The second-order valence-electron chi connectivity index (χ2n) is 11.0. The van der Waals surface area contributed by atoms with Crippen molar-refractivity contribution in [1.82, 2.24) is 0 Å². The molecule has 0 aliphatic heterocycles. The first kappa shape index (κ1) is 37.7. The monoisotopic (exact) mass is 642 g/mol. The fourth-order valence-electron chi connectivity index (χ4n) is 4.90. The van der Waals surface area contributed by atoms with E-state index in [1.54, 1.807) is 48.5 Å². The third kappa shape index (κ3) is 12.1. The van der Waals surface area contributed by atoms with E-state index in [0.29, 0.717) is 33.1 Å². The summed E-state index contributed by atoms with van der Waals surface area (Å²) in [6.45, 7) is 4.78. The summed E-state index contributed by atoms with van der Waals surface area (Å²) in [5, 5.41) is 20.9. The predicted molar refractivity (Wildman–Crippen MR) is 190 cm³/mol. The molecule has 6 nitrogen and oxygen atoms in total. The Kier molecular flexibility index (Phi) is 17.6. The number of aliphatic hydroxyl groups excluding tert-OH is 2. The molecule has 0 spiro atoms. The van der Waals surface area contributed by atoms with Gasteiger partial charge >= 0.3 is 178 Å². The van der Waals surface area contributed by atoms with Gasteiger partial charge in [0, 0.05) is 13.2 Å². The number of aliphatic hydroxyl groups is 2. The first-order chi connectivity index (χ1) is 21.2. The van der Waals surface area contributed by atoms with Crippen LogP contribution in [0.3, 0.4) is 0 Å². The summed E-state index contributed by atoms with van der Waals surface area (Å²) in [5.74, 6) is 0.623. The molecular weight excluding hydrogens is 590 g/mol. The van der Waals surface area contributed by atoms with Crippen molar-refractivity contribution in [2.45, 2.75) is 52.4 Å². The van der Waals surface area contributed by atoms with E-state index in [1.165, 1.54) is 12.8 Å². The van der Waals surface area contributed by atoms with E-state index in [-0.39, 0.29) is 13.2 Å². The molecular formula is C36H52O6P2. The summed E-state index contributed by atoms with van der Waals surface area (Å²) in [5.41, 5.74) is 0. The van der Waals surface area contributed by atoms with Crippen LogP contribution in [0.5, 0.6) is 0 Å². The normalized spacial score (nSPS) is 13.4. The van der Waals surface area contributed by atoms with E-state index in [4.69, 9.17) is 0 Å². The summed E-state index contributed by atoms with van der Waals surface area (Å²) in [6, 6.07) is 35.9. The molecule has 44 heavy (non-hydrogen) atoms. The SMILES string of the molecule is CCCCC(CO)C(CO)CCCC.O[PH](O)(c1ccccc1)c1ccccc1.O[PH](O)(c1ccccc1)c1ccccc1. The summed E-state index contributed by atoms with van der Waals surface area (Å²) in [4.78, 5) is 40.6. The molecule has 2 atom stereocenters. The summed E-state index contributed by atoms with van der Waals surface area (Å²) in [7, 11) is -6.91. The van der Waals surface area contributed by atoms with Gasteiger partial charge in [0.1, 0.15) is 0 Å². The van der Waals surface area contributed by atoms with Crippen LogP contribution in [0, 0.1) is 11.8 Å². The van der Waals surface area contributed by atoms with Crippen molar-refractivity contribution < 1.29 is 29.8 Å². The average molecular weight is 643 g/mol. The zero-order valence-electron chi connectivity index (χ0n) is 26.0. The Labute approximate surface area is 264 Å². The Bertz CT molecular complexity index is 1080. The molecule has 4 aromatic rings. The molecule has 242 valence electrons.